The van der Waals surface area contributed by atoms with Crippen LogP contribution >= 0.6 is 11.6 Å². The molecule has 18 heavy (non-hydrogen) atoms. The third-order valence-corrected chi connectivity index (χ3v) is 2.48. The summed E-state index contributed by atoms with van der Waals surface area (Å²) < 4.78 is 1.18. The van der Waals surface area contributed by atoms with Crippen molar-refractivity contribution in [2.45, 2.75) is 6.54 Å². The van der Waals surface area contributed by atoms with Gasteiger partial charge in [-0.2, -0.15) is 0 Å². The number of hydrogen-bond donors (Lipinski definition) is 1. The fraction of sp³-hybridized carbons (Fsp3) is 0.0909. The van der Waals surface area contributed by atoms with Crippen molar-refractivity contribution in [3.05, 3.63) is 46.7 Å². The predicted molar refractivity (Wildman–Crippen MR) is 62.8 cm³/mol. The van der Waals surface area contributed by atoms with Crippen molar-refractivity contribution in [3.8, 4) is 0 Å². The van der Waals surface area contributed by atoms with Gasteiger partial charge in [0, 0.05) is 10.6 Å². The number of benzene rings is 1. The second-order valence-corrected chi connectivity index (χ2v) is 3.97. The molecule has 0 saturated heterocycles. The lowest BCUT2D eigenvalue weighted by atomic mass is 10.1. The fourth-order valence-electron chi connectivity index (χ4n) is 1.35. The molecule has 0 bridgehead atoms. The van der Waals surface area contributed by atoms with Crippen LogP contribution in [0.1, 0.15) is 20.8 Å². The number of carbonyl (C=O) groups is 2. The smallest absolute Gasteiger partial charge is 0.358 e. The van der Waals surface area contributed by atoms with E-state index in [1.165, 1.54) is 10.9 Å². The Balaban J connectivity index is 2.11. The van der Waals surface area contributed by atoms with Crippen molar-refractivity contribution in [3.63, 3.8) is 0 Å². The van der Waals surface area contributed by atoms with Crippen molar-refractivity contribution in [1.82, 2.24) is 15.0 Å². The van der Waals surface area contributed by atoms with Crippen molar-refractivity contribution >= 4 is 23.4 Å². The van der Waals surface area contributed by atoms with E-state index in [9.17, 15) is 9.59 Å². The largest absolute Gasteiger partial charge is 0.476 e. The number of aromatic carboxylic acids is 1. The highest BCUT2D eigenvalue weighted by molar-refractivity contribution is 6.30. The maximum atomic E-state index is 11.8. The Morgan fingerprint density at radius 3 is 2.50 bits per heavy atom. The summed E-state index contributed by atoms with van der Waals surface area (Å²) in [7, 11) is 0. The van der Waals surface area contributed by atoms with E-state index in [-0.39, 0.29) is 18.0 Å². The summed E-state index contributed by atoms with van der Waals surface area (Å²) in [5.41, 5.74) is 0.283. The predicted octanol–water partition coefficient (Wildman–Crippen LogP) is 1.51. The minimum Gasteiger partial charge on any atom is -0.476 e. The molecule has 0 spiro atoms. The van der Waals surface area contributed by atoms with E-state index in [0.29, 0.717) is 10.6 Å². The number of halogens is 1. The van der Waals surface area contributed by atoms with Gasteiger partial charge in [-0.15, -0.1) is 5.10 Å². The molecule has 0 aliphatic heterocycles. The molecule has 1 N–H and O–H groups in total. The first-order valence-corrected chi connectivity index (χ1v) is 5.36. The van der Waals surface area contributed by atoms with Crippen LogP contribution in [0.5, 0.6) is 0 Å². The molecule has 6 nitrogen and oxygen atoms in total. The van der Waals surface area contributed by atoms with Crippen LogP contribution in [0.3, 0.4) is 0 Å². The van der Waals surface area contributed by atoms with Crippen molar-refractivity contribution < 1.29 is 14.7 Å². The molecule has 2 rings (SSSR count). The lowest BCUT2D eigenvalue weighted by molar-refractivity contribution is 0.0690. The molecule has 2 aromatic rings. The average Bonchev–Trinajstić information content (AvgIpc) is 2.78. The van der Waals surface area contributed by atoms with Crippen LogP contribution in [0.2, 0.25) is 5.02 Å². The van der Waals surface area contributed by atoms with Gasteiger partial charge in [0.1, 0.15) is 6.54 Å². The molecule has 92 valence electrons. The Morgan fingerprint density at radius 2 is 1.94 bits per heavy atom. The van der Waals surface area contributed by atoms with Gasteiger partial charge in [-0.3, -0.25) is 4.79 Å². The number of carboxylic acid groups (broad SMARTS) is 1. The molecule has 1 heterocycles. The first-order valence-electron chi connectivity index (χ1n) is 4.98. The molecule has 1 aromatic heterocycles. The second kappa shape index (κ2) is 4.97. The van der Waals surface area contributed by atoms with Crippen LogP contribution in [0.4, 0.5) is 0 Å². The number of nitrogens with zero attached hydrogens (tertiary/aromatic N) is 3. The molecule has 1 aromatic carbocycles. The zero-order valence-electron chi connectivity index (χ0n) is 9.08. The number of rotatable bonds is 4. The van der Waals surface area contributed by atoms with E-state index in [1.807, 2.05) is 0 Å². The highest BCUT2D eigenvalue weighted by atomic mass is 35.5. The van der Waals surface area contributed by atoms with Crippen LogP contribution < -0.4 is 0 Å². The van der Waals surface area contributed by atoms with E-state index in [2.05, 4.69) is 10.3 Å². The van der Waals surface area contributed by atoms with Gasteiger partial charge in [-0.1, -0.05) is 16.8 Å². The Labute approximate surface area is 107 Å². The number of ketones is 1. The van der Waals surface area contributed by atoms with Gasteiger partial charge in [0.05, 0.1) is 6.20 Å². The van der Waals surface area contributed by atoms with Gasteiger partial charge in [0.15, 0.2) is 11.5 Å². The van der Waals surface area contributed by atoms with Crippen LogP contribution in [-0.2, 0) is 6.54 Å². The van der Waals surface area contributed by atoms with Gasteiger partial charge in [0.2, 0.25) is 0 Å². The summed E-state index contributed by atoms with van der Waals surface area (Å²) >= 11 is 5.71. The molecule has 0 fully saturated rings. The molecular weight excluding hydrogens is 258 g/mol. The standard InChI is InChI=1S/C11H8ClN3O3/c12-8-3-1-7(2-4-8)10(16)6-15-5-9(11(17)18)13-14-15/h1-5H,6H2,(H,17,18). The maximum absolute atomic E-state index is 11.8. The van der Waals surface area contributed by atoms with Crippen LogP contribution in [0.25, 0.3) is 0 Å². The average molecular weight is 266 g/mol. The molecular formula is C11H8ClN3O3. The molecule has 0 amide bonds. The zero-order chi connectivity index (χ0) is 13.1. The minimum atomic E-state index is -1.18. The van der Waals surface area contributed by atoms with Crippen molar-refractivity contribution in [2.24, 2.45) is 0 Å². The molecule has 0 saturated carbocycles. The summed E-state index contributed by atoms with van der Waals surface area (Å²) in [6.07, 6.45) is 1.20. The van der Waals surface area contributed by atoms with Crippen LogP contribution in [-0.4, -0.2) is 31.9 Å². The molecule has 7 heteroatoms. The minimum absolute atomic E-state index is 0.0675. The maximum Gasteiger partial charge on any atom is 0.358 e. The van der Waals surface area contributed by atoms with Gasteiger partial charge < -0.3 is 5.11 Å². The summed E-state index contributed by atoms with van der Waals surface area (Å²) in [5, 5.41) is 16.2. The van der Waals surface area contributed by atoms with Crippen LogP contribution in [0, 0.1) is 0 Å². The number of hydrogen-bond acceptors (Lipinski definition) is 4. The number of aromatic nitrogens is 3. The monoisotopic (exact) mass is 265 g/mol. The van der Waals surface area contributed by atoms with Crippen molar-refractivity contribution in [2.75, 3.05) is 0 Å². The molecule has 0 unspecified atom stereocenters. The summed E-state index contributed by atoms with van der Waals surface area (Å²) in [6.45, 7) is -0.0675. The zero-order valence-corrected chi connectivity index (χ0v) is 9.83. The highest BCUT2D eigenvalue weighted by Crippen LogP contribution is 2.10. The van der Waals surface area contributed by atoms with E-state index < -0.39 is 5.97 Å². The fourth-order valence-corrected chi connectivity index (χ4v) is 1.47. The summed E-state index contributed by atoms with van der Waals surface area (Å²) in [5.74, 6) is -1.38. The van der Waals surface area contributed by atoms with Gasteiger partial charge >= 0.3 is 5.97 Å². The SMILES string of the molecule is O=C(Cn1cc(C(=O)O)nn1)c1ccc(Cl)cc1. The topological polar surface area (TPSA) is 85.1 Å². The van der Waals surface area contributed by atoms with Gasteiger partial charge in [-0.05, 0) is 24.3 Å². The quantitative estimate of drug-likeness (QED) is 0.847. The summed E-state index contributed by atoms with van der Waals surface area (Å²) in [4.78, 5) is 22.4. The van der Waals surface area contributed by atoms with Gasteiger partial charge in [-0.25, -0.2) is 9.48 Å². The number of Topliss-reactive ketones (excluding diaryl/α,β-unsaturated/α-hetero) is 1. The molecule has 0 aliphatic carbocycles. The summed E-state index contributed by atoms with van der Waals surface area (Å²) in [6, 6.07) is 6.41. The lowest BCUT2D eigenvalue weighted by Gasteiger charge is -2.00. The Bertz CT molecular complexity index is 592. The van der Waals surface area contributed by atoms with E-state index in [4.69, 9.17) is 16.7 Å². The molecule has 0 atom stereocenters. The number of carboxylic acids is 1. The van der Waals surface area contributed by atoms with E-state index >= 15 is 0 Å². The highest BCUT2D eigenvalue weighted by Gasteiger charge is 2.11. The molecule has 0 aliphatic rings. The Hall–Kier alpha value is -2.21. The lowest BCUT2D eigenvalue weighted by Crippen LogP contribution is -2.11. The first kappa shape index (κ1) is 12.3. The third kappa shape index (κ3) is 2.72. The van der Waals surface area contributed by atoms with E-state index in [1.54, 1.807) is 24.3 Å². The van der Waals surface area contributed by atoms with Crippen molar-refractivity contribution in [1.29, 1.82) is 0 Å². The Kier molecular flexibility index (Phi) is 3.38. The van der Waals surface area contributed by atoms with Gasteiger partial charge in [0.25, 0.3) is 0 Å². The third-order valence-electron chi connectivity index (χ3n) is 2.23. The van der Waals surface area contributed by atoms with E-state index in [0.717, 1.165) is 0 Å². The second-order valence-electron chi connectivity index (χ2n) is 3.54. The first-order chi connectivity index (χ1) is 8.56. The normalized spacial score (nSPS) is 10.3. The molecule has 0 radical (unpaired) electrons. The van der Waals surface area contributed by atoms with Crippen LogP contribution in [0.15, 0.2) is 30.5 Å². The Morgan fingerprint density at radius 1 is 1.28 bits per heavy atom. The number of carbonyl (C=O) groups excluding carboxylic acids is 1.